The van der Waals surface area contributed by atoms with Crippen LogP contribution < -0.4 is 5.46 Å². The Morgan fingerprint density at radius 1 is 0.889 bits per heavy atom. The summed E-state index contributed by atoms with van der Waals surface area (Å²) in [5.41, 5.74) is 2.77. The highest BCUT2D eigenvalue weighted by Gasteiger charge is 2.05. The van der Waals surface area contributed by atoms with Crippen molar-refractivity contribution in [2.75, 3.05) is 0 Å². The van der Waals surface area contributed by atoms with Gasteiger partial charge in [-0.25, -0.2) is 0 Å². The molecule has 0 heterocycles. The average Bonchev–Trinajstić information content (AvgIpc) is 2.35. The van der Waals surface area contributed by atoms with Crippen LogP contribution in [-0.4, -0.2) is 13.6 Å². The first-order valence-corrected chi connectivity index (χ1v) is 6.53. The largest absolute Gasteiger partial charge is 0.299 e. The van der Waals surface area contributed by atoms with E-state index >= 15 is 0 Å². The number of Topliss-reactive ketones (excluding diaryl/α,β-unsaturated/α-hetero) is 1. The smallest absolute Gasteiger partial charge is 0.141 e. The number of rotatable bonds is 4. The van der Waals surface area contributed by atoms with Gasteiger partial charge in [0.15, 0.2) is 0 Å². The van der Waals surface area contributed by atoms with Gasteiger partial charge in [-0.05, 0) is 23.3 Å². The van der Waals surface area contributed by atoms with Crippen LogP contribution >= 0.6 is 15.9 Å². The second kappa shape index (κ2) is 6.01. The molecule has 0 bridgehead atoms. The monoisotopic (exact) mass is 298 g/mol. The molecule has 2 radical (unpaired) electrons. The van der Waals surface area contributed by atoms with Gasteiger partial charge in [-0.3, -0.25) is 4.79 Å². The summed E-state index contributed by atoms with van der Waals surface area (Å²) in [6.07, 6.45) is 0.925. The predicted octanol–water partition coefficient (Wildman–Crippen LogP) is 2.60. The lowest BCUT2D eigenvalue weighted by Gasteiger charge is -2.03. The van der Waals surface area contributed by atoms with Crippen molar-refractivity contribution >= 4 is 35.0 Å². The summed E-state index contributed by atoms with van der Waals surface area (Å²) >= 11 is 3.38. The molecule has 0 saturated heterocycles. The Kier molecular flexibility index (Phi) is 4.37. The molecule has 0 saturated carbocycles. The van der Waals surface area contributed by atoms with Crippen LogP contribution in [0.4, 0.5) is 0 Å². The van der Waals surface area contributed by atoms with E-state index in [-0.39, 0.29) is 5.78 Å². The summed E-state index contributed by atoms with van der Waals surface area (Å²) in [4.78, 5) is 11.9. The fraction of sp³-hybridized carbons (Fsp3) is 0.133. The van der Waals surface area contributed by atoms with E-state index in [1.165, 1.54) is 0 Å². The van der Waals surface area contributed by atoms with Gasteiger partial charge in [0, 0.05) is 17.3 Å². The molecule has 0 aromatic heterocycles. The molecular weight excluding hydrogens is 287 g/mol. The summed E-state index contributed by atoms with van der Waals surface area (Å²) in [6.45, 7) is 0. The van der Waals surface area contributed by atoms with E-state index in [2.05, 4.69) is 15.9 Å². The first-order chi connectivity index (χ1) is 8.63. The van der Waals surface area contributed by atoms with Gasteiger partial charge in [0.1, 0.15) is 13.6 Å². The van der Waals surface area contributed by atoms with Gasteiger partial charge in [0.25, 0.3) is 0 Å². The van der Waals surface area contributed by atoms with Crippen molar-refractivity contribution < 1.29 is 4.79 Å². The van der Waals surface area contributed by atoms with Crippen molar-refractivity contribution in [2.45, 2.75) is 12.8 Å². The van der Waals surface area contributed by atoms with E-state index in [4.69, 9.17) is 7.85 Å². The van der Waals surface area contributed by atoms with Gasteiger partial charge in [0.05, 0.1) is 0 Å². The van der Waals surface area contributed by atoms with Gasteiger partial charge in [-0.15, -0.1) is 0 Å². The molecule has 0 fully saturated rings. The van der Waals surface area contributed by atoms with E-state index in [9.17, 15) is 4.79 Å². The zero-order chi connectivity index (χ0) is 13.0. The number of carbonyl (C=O) groups excluding carboxylic acids is 1. The molecule has 0 amide bonds. The molecule has 2 aromatic rings. The Balaban J connectivity index is 1.96. The normalized spacial score (nSPS) is 10.3. The number of benzene rings is 2. The van der Waals surface area contributed by atoms with Crippen molar-refractivity contribution in [3.8, 4) is 0 Å². The standard InChI is InChI=1S/C15H12BBrO/c16-13-5-1-11(2-6-13)9-15(18)10-12-3-7-14(17)8-4-12/h1-8H,9-10H2. The van der Waals surface area contributed by atoms with Crippen LogP contribution in [0.1, 0.15) is 11.1 Å². The minimum absolute atomic E-state index is 0.210. The van der Waals surface area contributed by atoms with Crippen molar-refractivity contribution in [1.29, 1.82) is 0 Å². The summed E-state index contributed by atoms with van der Waals surface area (Å²) in [7, 11) is 5.61. The molecular formula is C15H12BBrO. The molecule has 0 aliphatic rings. The molecule has 0 atom stereocenters. The Hall–Kier alpha value is -1.35. The molecule has 2 aromatic carbocycles. The lowest BCUT2D eigenvalue weighted by molar-refractivity contribution is -0.117. The van der Waals surface area contributed by atoms with E-state index < -0.39 is 0 Å². The van der Waals surface area contributed by atoms with Crippen LogP contribution in [0.15, 0.2) is 53.0 Å². The highest BCUT2D eigenvalue weighted by molar-refractivity contribution is 9.10. The van der Waals surface area contributed by atoms with Crippen LogP contribution in [0.5, 0.6) is 0 Å². The second-order valence-corrected chi connectivity index (χ2v) is 5.18. The van der Waals surface area contributed by atoms with E-state index in [0.717, 1.165) is 21.1 Å². The van der Waals surface area contributed by atoms with Crippen LogP contribution in [-0.2, 0) is 17.6 Å². The number of hydrogen-bond acceptors (Lipinski definition) is 1. The van der Waals surface area contributed by atoms with Crippen LogP contribution in [0, 0.1) is 0 Å². The second-order valence-electron chi connectivity index (χ2n) is 4.26. The molecule has 0 N–H and O–H groups in total. The lowest BCUT2D eigenvalue weighted by Crippen LogP contribution is -2.08. The first kappa shape index (κ1) is 13.1. The summed E-state index contributed by atoms with van der Waals surface area (Å²) in [5.74, 6) is 0.210. The minimum Gasteiger partial charge on any atom is -0.299 e. The summed E-state index contributed by atoms with van der Waals surface area (Å²) in [5, 5.41) is 0. The Morgan fingerprint density at radius 2 is 1.33 bits per heavy atom. The van der Waals surface area contributed by atoms with Gasteiger partial charge < -0.3 is 0 Å². The van der Waals surface area contributed by atoms with E-state index in [1.54, 1.807) is 0 Å². The minimum atomic E-state index is 0.210. The average molecular weight is 299 g/mol. The molecule has 18 heavy (non-hydrogen) atoms. The fourth-order valence-corrected chi connectivity index (χ4v) is 2.02. The molecule has 0 unspecified atom stereocenters. The molecule has 1 nitrogen and oxygen atoms in total. The van der Waals surface area contributed by atoms with E-state index in [0.29, 0.717) is 12.8 Å². The Morgan fingerprint density at radius 3 is 1.83 bits per heavy atom. The van der Waals surface area contributed by atoms with Gasteiger partial charge in [-0.1, -0.05) is 57.8 Å². The van der Waals surface area contributed by atoms with Crippen molar-refractivity contribution in [3.63, 3.8) is 0 Å². The molecule has 2 rings (SSSR count). The number of ketones is 1. The number of carbonyl (C=O) groups is 1. The summed E-state index contributed by atoms with van der Waals surface area (Å²) < 4.78 is 1.03. The van der Waals surface area contributed by atoms with Gasteiger partial charge in [-0.2, -0.15) is 0 Å². The molecule has 0 aliphatic carbocycles. The highest BCUT2D eigenvalue weighted by Crippen LogP contribution is 2.12. The van der Waals surface area contributed by atoms with Gasteiger partial charge in [0.2, 0.25) is 0 Å². The third-order valence-electron chi connectivity index (χ3n) is 2.70. The number of hydrogen-bond donors (Lipinski definition) is 0. The Bertz CT molecular complexity index is 482. The number of halogens is 1. The SMILES string of the molecule is [B]c1ccc(CC(=O)Cc2ccc(Br)cc2)cc1. The van der Waals surface area contributed by atoms with Crippen LogP contribution in [0.2, 0.25) is 0 Å². The molecule has 88 valence electrons. The van der Waals surface area contributed by atoms with Crippen LogP contribution in [0.25, 0.3) is 0 Å². The quantitative estimate of drug-likeness (QED) is 0.793. The maximum atomic E-state index is 11.9. The fourth-order valence-electron chi connectivity index (χ4n) is 1.76. The van der Waals surface area contributed by atoms with Crippen molar-refractivity contribution in [3.05, 3.63) is 64.1 Å². The topological polar surface area (TPSA) is 17.1 Å². The molecule has 0 spiro atoms. The van der Waals surface area contributed by atoms with Crippen molar-refractivity contribution in [1.82, 2.24) is 0 Å². The molecule has 0 aliphatic heterocycles. The van der Waals surface area contributed by atoms with Gasteiger partial charge >= 0.3 is 0 Å². The third kappa shape index (κ3) is 3.85. The first-order valence-electron chi connectivity index (χ1n) is 5.74. The molecule has 3 heteroatoms. The van der Waals surface area contributed by atoms with Crippen molar-refractivity contribution in [2.24, 2.45) is 0 Å². The maximum Gasteiger partial charge on any atom is 0.141 e. The highest BCUT2D eigenvalue weighted by atomic mass is 79.9. The van der Waals surface area contributed by atoms with E-state index in [1.807, 2.05) is 48.5 Å². The maximum absolute atomic E-state index is 11.9. The Labute approximate surface area is 117 Å². The zero-order valence-electron chi connectivity index (χ0n) is 9.90. The summed E-state index contributed by atoms with van der Waals surface area (Å²) in [6, 6.07) is 15.3. The zero-order valence-corrected chi connectivity index (χ0v) is 11.5. The predicted molar refractivity (Wildman–Crippen MR) is 78.4 cm³/mol. The lowest BCUT2D eigenvalue weighted by atomic mass is 9.94. The third-order valence-corrected chi connectivity index (χ3v) is 3.22. The van der Waals surface area contributed by atoms with Crippen LogP contribution in [0.3, 0.4) is 0 Å².